The number of nitrogens with two attached hydrogens (primary N) is 1. The summed E-state index contributed by atoms with van der Waals surface area (Å²) in [5.74, 6) is 0.860. The lowest BCUT2D eigenvalue weighted by Crippen LogP contribution is -2.18. The largest absolute Gasteiger partial charge is 0.492 e. The van der Waals surface area contributed by atoms with Gasteiger partial charge in [0.25, 0.3) is 0 Å². The van der Waals surface area contributed by atoms with Crippen LogP contribution in [0.15, 0.2) is 59.5 Å². The third-order valence-electron chi connectivity index (χ3n) is 2.72. The lowest BCUT2D eigenvalue weighted by molar-refractivity contribution is 0.290. The van der Waals surface area contributed by atoms with Crippen molar-refractivity contribution in [2.24, 2.45) is 5.73 Å². The lowest BCUT2D eigenvalue weighted by Gasteiger charge is -2.13. The molecule has 0 fully saturated rings. The summed E-state index contributed by atoms with van der Waals surface area (Å²) in [5, 5.41) is 0. The SMILES string of the molecule is CSc1ccc(OCC(N)c2ccccc2)cc1. The molecule has 94 valence electrons. The molecule has 2 nitrogen and oxygen atoms in total. The van der Waals surface area contributed by atoms with E-state index in [1.54, 1.807) is 11.8 Å². The van der Waals surface area contributed by atoms with Crippen molar-refractivity contribution in [3.8, 4) is 5.75 Å². The van der Waals surface area contributed by atoms with Crippen LogP contribution < -0.4 is 10.5 Å². The third kappa shape index (κ3) is 3.52. The molecular formula is C15H17NOS. The molecule has 0 aromatic heterocycles. The van der Waals surface area contributed by atoms with Gasteiger partial charge in [-0.3, -0.25) is 0 Å². The number of thioether (sulfide) groups is 1. The summed E-state index contributed by atoms with van der Waals surface area (Å²) in [5.41, 5.74) is 7.17. The molecule has 0 aliphatic rings. The fourth-order valence-corrected chi connectivity index (χ4v) is 2.06. The van der Waals surface area contributed by atoms with Crippen LogP contribution in [-0.2, 0) is 0 Å². The van der Waals surface area contributed by atoms with Crippen LogP contribution >= 0.6 is 11.8 Å². The number of hydrogen-bond donors (Lipinski definition) is 1. The van der Waals surface area contributed by atoms with Crippen molar-refractivity contribution in [1.29, 1.82) is 0 Å². The Balaban J connectivity index is 1.91. The van der Waals surface area contributed by atoms with Gasteiger partial charge in [-0.05, 0) is 36.1 Å². The second-order valence-electron chi connectivity index (χ2n) is 4.00. The zero-order valence-electron chi connectivity index (χ0n) is 10.4. The predicted molar refractivity (Wildman–Crippen MR) is 77.1 cm³/mol. The Labute approximate surface area is 112 Å². The van der Waals surface area contributed by atoms with Crippen LogP contribution in [0, 0.1) is 0 Å². The highest BCUT2D eigenvalue weighted by atomic mass is 32.2. The maximum absolute atomic E-state index is 6.07. The van der Waals surface area contributed by atoms with Gasteiger partial charge in [-0.1, -0.05) is 30.3 Å². The van der Waals surface area contributed by atoms with E-state index in [9.17, 15) is 0 Å². The quantitative estimate of drug-likeness (QED) is 0.835. The van der Waals surface area contributed by atoms with Gasteiger partial charge in [0.05, 0.1) is 6.04 Å². The molecule has 0 heterocycles. The van der Waals surface area contributed by atoms with Crippen LogP contribution in [0.5, 0.6) is 5.75 Å². The number of rotatable bonds is 5. The Morgan fingerprint density at radius 3 is 2.33 bits per heavy atom. The van der Waals surface area contributed by atoms with Gasteiger partial charge in [0, 0.05) is 4.90 Å². The molecule has 0 amide bonds. The van der Waals surface area contributed by atoms with Gasteiger partial charge in [-0.2, -0.15) is 0 Å². The Hall–Kier alpha value is -1.45. The first kappa shape index (κ1) is 13.0. The van der Waals surface area contributed by atoms with E-state index in [0.717, 1.165) is 11.3 Å². The molecule has 3 heteroatoms. The highest BCUT2D eigenvalue weighted by molar-refractivity contribution is 7.98. The number of ether oxygens (including phenoxy) is 1. The van der Waals surface area contributed by atoms with Crippen LogP contribution in [0.2, 0.25) is 0 Å². The van der Waals surface area contributed by atoms with Gasteiger partial charge in [-0.15, -0.1) is 11.8 Å². The minimum atomic E-state index is -0.0913. The topological polar surface area (TPSA) is 35.2 Å². The van der Waals surface area contributed by atoms with E-state index in [-0.39, 0.29) is 6.04 Å². The molecule has 0 aliphatic heterocycles. The third-order valence-corrected chi connectivity index (χ3v) is 3.46. The van der Waals surface area contributed by atoms with Crippen molar-refractivity contribution >= 4 is 11.8 Å². The van der Waals surface area contributed by atoms with E-state index in [2.05, 4.69) is 6.26 Å². The average Bonchev–Trinajstić information content (AvgIpc) is 2.46. The fraction of sp³-hybridized carbons (Fsp3) is 0.200. The second-order valence-corrected chi connectivity index (χ2v) is 4.88. The normalized spacial score (nSPS) is 12.1. The molecule has 0 bridgehead atoms. The molecule has 2 aromatic carbocycles. The summed E-state index contributed by atoms with van der Waals surface area (Å²) in [6.45, 7) is 0.489. The summed E-state index contributed by atoms with van der Waals surface area (Å²) in [6.07, 6.45) is 2.06. The molecule has 2 rings (SSSR count). The summed E-state index contributed by atoms with van der Waals surface area (Å²) in [6, 6.07) is 18.0. The molecule has 0 spiro atoms. The van der Waals surface area contributed by atoms with Crippen molar-refractivity contribution < 1.29 is 4.74 Å². The van der Waals surface area contributed by atoms with Gasteiger partial charge < -0.3 is 10.5 Å². The molecule has 0 aliphatic carbocycles. The van der Waals surface area contributed by atoms with Gasteiger partial charge >= 0.3 is 0 Å². The van der Waals surface area contributed by atoms with Gasteiger partial charge in [0.15, 0.2) is 0 Å². The molecule has 0 saturated heterocycles. The first-order valence-electron chi connectivity index (χ1n) is 5.87. The van der Waals surface area contributed by atoms with E-state index in [1.165, 1.54) is 4.90 Å². The van der Waals surface area contributed by atoms with E-state index < -0.39 is 0 Å². The maximum atomic E-state index is 6.07. The molecule has 0 saturated carbocycles. The Bertz CT molecular complexity index is 470. The number of hydrogen-bond acceptors (Lipinski definition) is 3. The van der Waals surface area contributed by atoms with Gasteiger partial charge in [0.2, 0.25) is 0 Å². The zero-order valence-corrected chi connectivity index (χ0v) is 11.2. The van der Waals surface area contributed by atoms with Gasteiger partial charge in [-0.25, -0.2) is 0 Å². The first-order valence-corrected chi connectivity index (χ1v) is 7.09. The average molecular weight is 259 g/mol. The Morgan fingerprint density at radius 1 is 1.06 bits per heavy atom. The first-order chi connectivity index (χ1) is 8.79. The van der Waals surface area contributed by atoms with Crippen LogP contribution in [0.25, 0.3) is 0 Å². The highest BCUT2D eigenvalue weighted by Gasteiger charge is 2.05. The number of benzene rings is 2. The molecule has 2 aromatic rings. The van der Waals surface area contributed by atoms with Gasteiger partial charge in [0.1, 0.15) is 12.4 Å². The summed E-state index contributed by atoms with van der Waals surface area (Å²) >= 11 is 1.72. The molecule has 18 heavy (non-hydrogen) atoms. The fourth-order valence-electron chi connectivity index (χ4n) is 1.65. The van der Waals surface area contributed by atoms with Crippen LogP contribution in [-0.4, -0.2) is 12.9 Å². The van der Waals surface area contributed by atoms with Crippen molar-refractivity contribution in [2.75, 3.05) is 12.9 Å². The zero-order chi connectivity index (χ0) is 12.8. The second kappa shape index (κ2) is 6.47. The Kier molecular flexibility index (Phi) is 4.67. The lowest BCUT2D eigenvalue weighted by atomic mass is 10.1. The van der Waals surface area contributed by atoms with E-state index >= 15 is 0 Å². The van der Waals surface area contributed by atoms with Crippen molar-refractivity contribution in [3.05, 3.63) is 60.2 Å². The molecule has 1 atom stereocenters. The highest BCUT2D eigenvalue weighted by Crippen LogP contribution is 2.20. The van der Waals surface area contributed by atoms with Crippen molar-refractivity contribution in [3.63, 3.8) is 0 Å². The molecule has 2 N–H and O–H groups in total. The summed E-state index contributed by atoms with van der Waals surface area (Å²) < 4.78 is 5.69. The predicted octanol–water partition coefficient (Wildman–Crippen LogP) is 3.49. The molecule has 1 unspecified atom stereocenters. The summed E-state index contributed by atoms with van der Waals surface area (Å²) in [7, 11) is 0. The van der Waals surface area contributed by atoms with E-state index in [4.69, 9.17) is 10.5 Å². The minimum absolute atomic E-state index is 0.0913. The van der Waals surface area contributed by atoms with Crippen LogP contribution in [0.4, 0.5) is 0 Å². The molecule has 0 radical (unpaired) electrons. The van der Waals surface area contributed by atoms with E-state index in [1.807, 2.05) is 54.6 Å². The van der Waals surface area contributed by atoms with Crippen molar-refractivity contribution in [2.45, 2.75) is 10.9 Å². The Morgan fingerprint density at radius 2 is 1.72 bits per heavy atom. The van der Waals surface area contributed by atoms with E-state index in [0.29, 0.717) is 6.61 Å². The monoisotopic (exact) mass is 259 g/mol. The minimum Gasteiger partial charge on any atom is -0.492 e. The van der Waals surface area contributed by atoms with Crippen molar-refractivity contribution in [1.82, 2.24) is 0 Å². The smallest absolute Gasteiger partial charge is 0.119 e. The molecular weight excluding hydrogens is 242 g/mol. The standard InChI is InChI=1S/C15H17NOS/c1-18-14-9-7-13(8-10-14)17-11-15(16)12-5-3-2-4-6-12/h2-10,15H,11,16H2,1H3. The van der Waals surface area contributed by atoms with Crippen LogP contribution in [0.1, 0.15) is 11.6 Å². The van der Waals surface area contributed by atoms with Crippen LogP contribution in [0.3, 0.4) is 0 Å². The maximum Gasteiger partial charge on any atom is 0.119 e. The summed E-state index contributed by atoms with van der Waals surface area (Å²) in [4.78, 5) is 1.23.